The Hall–Kier alpha value is -2.63. The highest BCUT2D eigenvalue weighted by atomic mass is 127. The van der Waals surface area contributed by atoms with Crippen LogP contribution in [0.1, 0.15) is 30.3 Å². The van der Waals surface area contributed by atoms with E-state index >= 15 is 0 Å². The van der Waals surface area contributed by atoms with E-state index in [9.17, 15) is 24.3 Å². The van der Waals surface area contributed by atoms with E-state index in [1.807, 2.05) is 18.2 Å². The maximum Gasteiger partial charge on any atom is 0.238 e. The molecule has 36 heavy (non-hydrogen) atoms. The Bertz CT molecular complexity index is 1450. The number of carbonyl (C=O) groups is 4. The van der Waals surface area contributed by atoms with Crippen LogP contribution in [0.3, 0.4) is 0 Å². The summed E-state index contributed by atoms with van der Waals surface area (Å²) in [5.41, 5.74) is 2.03. The number of halogens is 2. The molecular formula is C27H19BrINO6. The van der Waals surface area contributed by atoms with Crippen molar-refractivity contribution in [3.8, 4) is 0 Å². The number of anilines is 1. The molecule has 1 aromatic carbocycles. The van der Waals surface area contributed by atoms with Crippen LogP contribution in [0.25, 0.3) is 0 Å². The van der Waals surface area contributed by atoms with Gasteiger partial charge in [0.2, 0.25) is 11.8 Å². The molecule has 2 aromatic rings. The minimum atomic E-state index is -0.663. The predicted molar refractivity (Wildman–Crippen MR) is 141 cm³/mol. The predicted octanol–water partition coefficient (Wildman–Crippen LogP) is 4.34. The Morgan fingerprint density at radius 1 is 1.03 bits per heavy atom. The molecule has 1 saturated heterocycles. The number of hydrogen-bond donors (Lipinski definition) is 1. The number of furan rings is 1. The zero-order chi connectivity index (χ0) is 25.3. The molecule has 3 aliphatic carbocycles. The molecule has 0 saturated carbocycles. The first-order chi connectivity index (χ1) is 17.3. The Labute approximate surface area is 228 Å². The molecule has 7 nitrogen and oxygen atoms in total. The van der Waals surface area contributed by atoms with E-state index in [4.69, 9.17) is 4.42 Å². The van der Waals surface area contributed by atoms with Crippen molar-refractivity contribution in [1.82, 2.24) is 0 Å². The number of ketones is 2. The highest BCUT2D eigenvalue weighted by Crippen LogP contribution is 2.55. The van der Waals surface area contributed by atoms with Gasteiger partial charge >= 0.3 is 0 Å². The van der Waals surface area contributed by atoms with Gasteiger partial charge in [0, 0.05) is 20.8 Å². The van der Waals surface area contributed by atoms with Gasteiger partial charge in [0.1, 0.15) is 18.1 Å². The summed E-state index contributed by atoms with van der Waals surface area (Å²) in [6, 6.07) is 10.6. The van der Waals surface area contributed by atoms with Crippen molar-refractivity contribution in [3.63, 3.8) is 0 Å². The van der Waals surface area contributed by atoms with Crippen molar-refractivity contribution >= 4 is 67.6 Å². The topological polar surface area (TPSA) is 105 Å². The van der Waals surface area contributed by atoms with E-state index in [0.717, 1.165) is 9.14 Å². The van der Waals surface area contributed by atoms with Crippen LogP contribution >= 0.6 is 38.5 Å². The second-order valence-electron chi connectivity index (χ2n) is 9.34. The fourth-order valence-electron chi connectivity index (χ4n) is 6.01. The van der Waals surface area contributed by atoms with Gasteiger partial charge in [-0.1, -0.05) is 11.6 Å². The van der Waals surface area contributed by atoms with Crippen LogP contribution < -0.4 is 4.90 Å². The lowest BCUT2D eigenvalue weighted by Crippen LogP contribution is -2.39. The average molecular weight is 660 g/mol. The second-order valence-corrected chi connectivity index (χ2v) is 11.4. The summed E-state index contributed by atoms with van der Waals surface area (Å²) in [7, 11) is 0. The average Bonchev–Trinajstić information content (AvgIpc) is 3.44. The van der Waals surface area contributed by atoms with Gasteiger partial charge in [-0.05, 0) is 93.7 Å². The summed E-state index contributed by atoms with van der Waals surface area (Å²) in [4.78, 5) is 54.8. The zero-order valence-electron chi connectivity index (χ0n) is 18.7. The highest BCUT2D eigenvalue weighted by molar-refractivity contribution is 14.1. The van der Waals surface area contributed by atoms with E-state index in [0.29, 0.717) is 34.8 Å². The number of aliphatic hydroxyl groups is 1. The van der Waals surface area contributed by atoms with E-state index in [1.165, 1.54) is 11.0 Å². The smallest absolute Gasteiger partial charge is 0.238 e. The largest absolute Gasteiger partial charge is 0.463 e. The quantitative estimate of drug-likeness (QED) is 0.228. The van der Waals surface area contributed by atoms with E-state index < -0.39 is 23.7 Å². The number of nitrogens with zero attached hydrogens (tertiary/aromatic N) is 1. The highest BCUT2D eigenvalue weighted by Gasteiger charge is 2.57. The van der Waals surface area contributed by atoms with E-state index in [1.54, 1.807) is 24.3 Å². The summed E-state index contributed by atoms with van der Waals surface area (Å²) < 4.78 is 7.03. The molecule has 0 unspecified atom stereocenters. The standard InChI is InChI=1S/C27H19BrINO6/c28-19-10-20(32)23-18(25(19)33)9-17-15(24(23)21-8-5-14(11-31)36-21)6-7-16-22(17)27(35)30(26(16)34)13-3-1-12(29)2-4-13/h1-6,8,10,16-17,22,24,31H,7,9,11H2/t16-,17+,22-,24+/m0/s1. The van der Waals surface area contributed by atoms with Crippen LogP contribution in [0.15, 0.2) is 74.2 Å². The summed E-state index contributed by atoms with van der Waals surface area (Å²) in [6.07, 6.45) is 3.77. The molecular weight excluding hydrogens is 641 g/mol. The molecule has 1 fully saturated rings. The van der Waals surface area contributed by atoms with E-state index in [-0.39, 0.29) is 40.9 Å². The summed E-state index contributed by atoms with van der Waals surface area (Å²) in [6.45, 7) is -0.303. The molecule has 1 N–H and O–H groups in total. The third kappa shape index (κ3) is 3.47. The van der Waals surface area contributed by atoms with Gasteiger partial charge in [-0.3, -0.25) is 24.1 Å². The van der Waals surface area contributed by atoms with Crippen LogP contribution in [0.5, 0.6) is 0 Å². The molecule has 6 rings (SSSR count). The SMILES string of the molecule is O=C1C=C(Br)C(=O)C2=C1[C@@H](c1ccc(CO)o1)C1=CC[C@@H]3C(=O)N(c4ccc(I)cc4)C(=O)[C@@H]3[C@@H]1C2. The third-order valence-corrected chi connectivity index (χ3v) is 8.85. The molecule has 0 spiro atoms. The number of carbonyl (C=O) groups excluding carboxylic acids is 4. The minimum Gasteiger partial charge on any atom is -0.463 e. The van der Waals surface area contributed by atoms with Gasteiger partial charge < -0.3 is 9.52 Å². The molecule has 2 amide bonds. The van der Waals surface area contributed by atoms with Crippen LogP contribution in [0.4, 0.5) is 5.69 Å². The zero-order valence-corrected chi connectivity index (χ0v) is 22.5. The number of hydrogen-bond acceptors (Lipinski definition) is 6. The molecule has 0 radical (unpaired) electrons. The van der Waals surface area contributed by atoms with E-state index in [2.05, 4.69) is 38.5 Å². The molecule has 4 aliphatic rings. The number of fused-ring (bicyclic) bond motifs is 3. The number of allylic oxidation sites excluding steroid dienone is 6. The van der Waals surface area contributed by atoms with Crippen LogP contribution in [-0.4, -0.2) is 28.5 Å². The van der Waals surface area contributed by atoms with Gasteiger partial charge in [0.25, 0.3) is 0 Å². The molecule has 1 aliphatic heterocycles. The number of aliphatic hydroxyl groups excluding tert-OH is 1. The van der Waals surface area contributed by atoms with Crippen molar-refractivity contribution in [3.05, 3.63) is 84.8 Å². The number of benzene rings is 1. The first-order valence-corrected chi connectivity index (χ1v) is 13.4. The van der Waals surface area contributed by atoms with Gasteiger partial charge in [-0.15, -0.1) is 0 Å². The van der Waals surface area contributed by atoms with Gasteiger partial charge in [-0.25, -0.2) is 0 Å². The van der Waals surface area contributed by atoms with Crippen LogP contribution in [0, 0.1) is 21.3 Å². The lowest BCUT2D eigenvalue weighted by molar-refractivity contribution is -0.123. The maximum atomic E-state index is 13.8. The molecule has 4 atom stereocenters. The molecule has 182 valence electrons. The number of amides is 2. The fraction of sp³-hybridized carbons (Fsp3) is 0.259. The lowest BCUT2D eigenvalue weighted by atomic mass is 9.60. The van der Waals surface area contributed by atoms with Gasteiger partial charge in [-0.2, -0.15) is 0 Å². The molecule has 9 heteroatoms. The third-order valence-electron chi connectivity index (χ3n) is 7.54. The summed E-state index contributed by atoms with van der Waals surface area (Å²) in [5.74, 6) is -2.63. The van der Waals surface area contributed by atoms with Crippen LogP contribution in [0.2, 0.25) is 0 Å². The monoisotopic (exact) mass is 659 g/mol. The minimum absolute atomic E-state index is 0.176. The summed E-state index contributed by atoms with van der Waals surface area (Å²) in [5, 5.41) is 9.54. The lowest BCUT2D eigenvalue weighted by Gasteiger charge is -2.41. The number of rotatable bonds is 3. The number of Topliss-reactive ketones (excluding diaryl/α,β-unsaturated/α-hetero) is 1. The maximum absolute atomic E-state index is 13.8. The summed E-state index contributed by atoms with van der Waals surface area (Å²) >= 11 is 5.38. The Morgan fingerprint density at radius 3 is 2.47 bits per heavy atom. The molecule has 2 heterocycles. The second kappa shape index (κ2) is 8.74. The van der Waals surface area contributed by atoms with Crippen LogP contribution in [-0.2, 0) is 25.8 Å². The Balaban J connectivity index is 1.47. The van der Waals surface area contributed by atoms with Gasteiger partial charge in [0.05, 0.1) is 27.9 Å². The first-order valence-electron chi connectivity index (χ1n) is 11.5. The fourth-order valence-corrected chi connectivity index (χ4v) is 6.82. The van der Waals surface area contributed by atoms with Crippen molar-refractivity contribution in [2.75, 3.05) is 4.90 Å². The van der Waals surface area contributed by atoms with Gasteiger partial charge in [0.15, 0.2) is 11.6 Å². The van der Waals surface area contributed by atoms with Crippen molar-refractivity contribution in [2.24, 2.45) is 17.8 Å². The first kappa shape index (κ1) is 23.7. The van der Waals surface area contributed by atoms with Crippen molar-refractivity contribution in [2.45, 2.75) is 25.4 Å². The molecule has 0 bridgehead atoms. The Kier molecular flexibility index (Phi) is 5.77. The number of imide groups is 1. The molecule has 1 aromatic heterocycles. The van der Waals surface area contributed by atoms with Crippen molar-refractivity contribution < 1.29 is 28.7 Å². The Morgan fingerprint density at radius 2 is 1.78 bits per heavy atom. The van der Waals surface area contributed by atoms with Crippen molar-refractivity contribution in [1.29, 1.82) is 0 Å². The normalized spacial score (nSPS) is 27.6.